The molecule has 0 aliphatic rings. The Hall–Kier alpha value is 0.184. The zero-order valence-electron chi connectivity index (χ0n) is 16.9. The summed E-state index contributed by atoms with van der Waals surface area (Å²) < 4.78 is 5.13. The zero-order valence-corrected chi connectivity index (χ0v) is 18.4. The van der Waals surface area contributed by atoms with Crippen LogP contribution in [-0.4, -0.2) is 12.1 Å². The topological polar surface area (TPSA) is 26.3 Å². The summed E-state index contributed by atoms with van der Waals surface area (Å²) in [5, 5.41) is 0. The maximum absolute atomic E-state index is 11.4. The van der Waals surface area contributed by atoms with Gasteiger partial charge in [0.1, 0.15) is 0 Å². The van der Waals surface area contributed by atoms with Crippen molar-refractivity contribution in [3.63, 3.8) is 0 Å². The fourth-order valence-corrected chi connectivity index (χ4v) is 2.91. The smallest absolute Gasteiger partial charge is 0.306 e. The Balaban J connectivity index is 0. The third kappa shape index (κ3) is 22.2. The first kappa shape index (κ1) is 26.4. The summed E-state index contributed by atoms with van der Waals surface area (Å²) in [7, 11) is 0. The van der Waals surface area contributed by atoms with E-state index in [4.69, 9.17) is 4.74 Å². The average Bonchev–Trinajstić information content (AvgIpc) is 2.46. The van der Waals surface area contributed by atoms with Gasteiger partial charge in [-0.3, -0.25) is 4.79 Å². The number of hydrogen-bond acceptors (Lipinski definition) is 2. The van der Waals surface area contributed by atoms with E-state index in [-0.39, 0.29) is 33.8 Å². The van der Waals surface area contributed by atoms with Crippen molar-refractivity contribution in [1.82, 2.24) is 0 Å². The summed E-state index contributed by atoms with van der Waals surface area (Å²) in [5.41, 5.74) is 0. The molecule has 0 aliphatic carbocycles. The SMILES string of the molecule is CC(C)CCCCCCCCCCCCCCC(=O)OC(C)C.[Ti]. The van der Waals surface area contributed by atoms with E-state index in [1.165, 1.54) is 77.0 Å². The minimum absolute atomic E-state index is 0. The Kier molecular flexibility index (Phi) is 21.5. The quantitative estimate of drug-likeness (QED) is 0.164. The number of carbonyl (C=O) groups is 1. The van der Waals surface area contributed by atoms with Crippen LogP contribution in [0.2, 0.25) is 0 Å². The van der Waals surface area contributed by atoms with Crippen LogP contribution in [0.4, 0.5) is 0 Å². The predicted molar refractivity (Wildman–Crippen MR) is 101 cm³/mol. The van der Waals surface area contributed by atoms with Gasteiger partial charge in [-0.15, -0.1) is 0 Å². The molecule has 0 fully saturated rings. The van der Waals surface area contributed by atoms with Crippen molar-refractivity contribution in [2.75, 3.05) is 0 Å². The van der Waals surface area contributed by atoms with Gasteiger partial charge >= 0.3 is 5.97 Å². The number of esters is 1. The second-order valence-electron chi connectivity index (χ2n) is 7.71. The minimum Gasteiger partial charge on any atom is -0.463 e. The Morgan fingerprint density at radius 3 is 1.42 bits per heavy atom. The van der Waals surface area contributed by atoms with Crippen molar-refractivity contribution in [2.24, 2.45) is 5.92 Å². The largest absolute Gasteiger partial charge is 0.463 e. The number of unbranched alkanes of at least 4 members (excludes halogenated alkanes) is 11. The Morgan fingerprint density at radius 1 is 0.667 bits per heavy atom. The number of carbonyl (C=O) groups excluding carboxylic acids is 1. The Bertz CT molecular complexity index is 265. The predicted octanol–water partition coefficient (Wildman–Crippen LogP) is 7.05. The van der Waals surface area contributed by atoms with Crippen LogP contribution in [0.3, 0.4) is 0 Å². The van der Waals surface area contributed by atoms with Crippen molar-refractivity contribution < 1.29 is 31.2 Å². The molecule has 0 spiro atoms. The Labute approximate surface area is 166 Å². The number of rotatable bonds is 16. The van der Waals surface area contributed by atoms with Crippen LogP contribution < -0.4 is 0 Å². The zero-order chi connectivity index (χ0) is 17.3. The van der Waals surface area contributed by atoms with E-state index >= 15 is 0 Å². The molecule has 0 saturated carbocycles. The molecule has 142 valence electrons. The first-order valence-electron chi connectivity index (χ1n) is 10.2. The molecular formula is C21H42O2Ti. The van der Waals surface area contributed by atoms with E-state index in [1.54, 1.807) is 0 Å². The van der Waals surface area contributed by atoms with Crippen LogP contribution in [-0.2, 0) is 31.2 Å². The summed E-state index contributed by atoms with van der Waals surface area (Å²) in [6, 6.07) is 0. The fraction of sp³-hybridized carbons (Fsp3) is 0.952. The van der Waals surface area contributed by atoms with Crippen LogP contribution in [0.5, 0.6) is 0 Å². The third-order valence-electron chi connectivity index (χ3n) is 4.28. The van der Waals surface area contributed by atoms with Gasteiger partial charge < -0.3 is 4.74 Å². The fourth-order valence-electron chi connectivity index (χ4n) is 2.91. The van der Waals surface area contributed by atoms with Crippen LogP contribution >= 0.6 is 0 Å². The normalized spacial score (nSPS) is 10.9. The second kappa shape index (κ2) is 19.5. The van der Waals surface area contributed by atoms with Crippen molar-refractivity contribution in [3.05, 3.63) is 0 Å². The molecule has 0 radical (unpaired) electrons. The molecule has 0 aromatic heterocycles. The molecular weight excluding hydrogens is 332 g/mol. The van der Waals surface area contributed by atoms with Gasteiger partial charge in [0, 0.05) is 28.1 Å². The summed E-state index contributed by atoms with van der Waals surface area (Å²) in [6.45, 7) is 8.45. The minimum atomic E-state index is -0.0339. The second-order valence-corrected chi connectivity index (χ2v) is 7.71. The molecule has 0 rings (SSSR count). The average molecular weight is 374 g/mol. The van der Waals surface area contributed by atoms with E-state index in [2.05, 4.69) is 13.8 Å². The molecule has 0 atom stereocenters. The van der Waals surface area contributed by atoms with E-state index < -0.39 is 0 Å². The molecule has 0 amide bonds. The monoisotopic (exact) mass is 374 g/mol. The molecule has 0 aromatic carbocycles. The van der Waals surface area contributed by atoms with Crippen LogP contribution in [0.1, 0.15) is 118 Å². The third-order valence-corrected chi connectivity index (χ3v) is 4.28. The molecule has 0 heterocycles. The van der Waals surface area contributed by atoms with Crippen molar-refractivity contribution in [1.29, 1.82) is 0 Å². The molecule has 0 aromatic rings. The van der Waals surface area contributed by atoms with Crippen LogP contribution in [0, 0.1) is 5.92 Å². The maximum atomic E-state index is 11.4. The molecule has 24 heavy (non-hydrogen) atoms. The molecule has 3 heteroatoms. The van der Waals surface area contributed by atoms with Crippen molar-refractivity contribution in [2.45, 2.75) is 124 Å². The van der Waals surface area contributed by atoms with E-state index in [0.29, 0.717) is 6.42 Å². The molecule has 2 nitrogen and oxygen atoms in total. The maximum Gasteiger partial charge on any atom is 0.306 e. The summed E-state index contributed by atoms with van der Waals surface area (Å²) in [5.74, 6) is 0.837. The first-order chi connectivity index (χ1) is 11.0. The summed E-state index contributed by atoms with van der Waals surface area (Å²) >= 11 is 0. The number of hydrogen-bond donors (Lipinski definition) is 0. The first-order valence-corrected chi connectivity index (χ1v) is 10.2. The standard InChI is InChI=1S/C21H42O2.Ti/c1-19(2)17-15-13-11-9-7-5-6-8-10-12-14-16-18-21(22)23-20(3)4;/h19-20H,5-18H2,1-4H3;. The van der Waals surface area contributed by atoms with Gasteiger partial charge in [0.15, 0.2) is 0 Å². The van der Waals surface area contributed by atoms with Crippen molar-refractivity contribution >= 4 is 5.97 Å². The number of ether oxygens (including phenoxy) is 1. The summed E-state index contributed by atoms with van der Waals surface area (Å²) in [4.78, 5) is 11.4. The van der Waals surface area contributed by atoms with Gasteiger partial charge in [0.2, 0.25) is 0 Å². The van der Waals surface area contributed by atoms with Gasteiger partial charge in [0.05, 0.1) is 6.10 Å². The molecule has 0 bridgehead atoms. The van der Waals surface area contributed by atoms with Crippen LogP contribution in [0.15, 0.2) is 0 Å². The van der Waals surface area contributed by atoms with Gasteiger partial charge in [-0.1, -0.05) is 90.9 Å². The molecule has 0 unspecified atom stereocenters. The van der Waals surface area contributed by atoms with E-state index in [0.717, 1.165) is 12.3 Å². The summed E-state index contributed by atoms with van der Waals surface area (Å²) in [6.07, 6.45) is 18.1. The van der Waals surface area contributed by atoms with E-state index in [9.17, 15) is 4.79 Å². The van der Waals surface area contributed by atoms with E-state index in [1.807, 2.05) is 13.8 Å². The van der Waals surface area contributed by atoms with Gasteiger partial charge in [-0.25, -0.2) is 0 Å². The van der Waals surface area contributed by atoms with Gasteiger partial charge in [-0.2, -0.15) is 0 Å². The molecule has 0 saturated heterocycles. The Morgan fingerprint density at radius 2 is 1.04 bits per heavy atom. The van der Waals surface area contributed by atoms with Gasteiger partial charge in [-0.05, 0) is 26.2 Å². The van der Waals surface area contributed by atoms with Crippen molar-refractivity contribution in [3.8, 4) is 0 Å². The molecule has 0 aliphatic heterocycles. The molecule has 0 N–H and O–H groups in total. The van der Waals surface area contributed by atoms with Gasteiger partial charge in [0.25, 0.3) is 0 Å². The van der Waals surface area contributed by atoms with Crippen LogP contribution in [0.25, 0.3) is 0 Å².